The molecule has 1 N–H and O–H groups in total. The van der Waals surface area contributed by atoms with Crippen LogP contribution >= 0.6 is 0 Å². The number of rotatable bonds is 8. The summed E-state index contributed by atoms with van der Waals surface area (Å²) in [5, 5.41) is 1.71. The number of nitrogens with zero attached hydrogens (tertiary/aromatic N) is 1. The molecule has 0 aromatic heterocycles. The summed E-state index contributed by atoms with van der Waals surface area (Å²) in [5.74, 6) is -3.91. The Labute approximate surface area is 164 Å². The third-order valence-electron chi connectivity index (χ3n) is 3.83. The average molecular weight is 432 g/mol. The summed E-state index contributed by atoms with van der Waals surface area (Å²) < 4.78 is 76.7. The number of carbonyl (C=O) groups excluding carboxylic acids is 2. The predicted molar refractivity (Wildman–Crippen MR) is 97.2 cm³/mol. The summed E-state index contributed by atoms with van der Waals surface area (Å²) in [5.41, 5.74) is -0.149. The van der Waals surface area contributed by atoms with Crippen LogP contribution in [0, 0.1) is 11.6 Å². The molecule has 29 heavy (non-hydrogen) atoms. The van der Waals surface area contributed by atoms with Crippen molar-refractivity contribution in [2.24, 2.45) is 0 Å². The lowest BCUT2D eigenvalue weighted by Crippen LogP contribution is -2.34. The van der Waals surface area contributed by atoms with Crippen molar-refractivity contribution in [3.8, 4) is 0 Å². The van der Waals surface area contributed by atoms with Gasteiger partial charge in [-0.3, -0.25) is 13.9 Å². The van der Waals surface area contributed by atoms with E-state index in [1.165, 1.54) is 24.3 Å². The summed E-state index contributed by atoms with van der Waals surface area (Å²) in [6.45, 7) is -1.17. The number of nitrogens with one attached hydrogen (secondary N) is 1. The van der Waals surface area contributed by atoms with Gasteiger partial charge in [-0.15, -0.1) is 0 Å². The highest BCUT2D eigenvalue weighted by Crippen LogP contribution is 2.22. The van der Waals surface area contributed by atoms with E-state index in [0.717, 1.165) is 28.8 Å². The lowest BCUT2D eigenvalue weighted by Gasteiger charge is -2.23. The van der Waals surface area contributed by atoms with Gasteiger partial charge < -0.3 is 5.32 Å². The van der Waals surface area contributed by atoms with E-state index in [4.69, 9.17) is 0 Å². The summed E-state index contributed by atoms with van der Waals surface area (Å²) in [6, 6.07) is 7.71. The first-order chi connectivity index (χ1) is 13.5. The van der Waals surface area contributed by atoms with Gasteiger partial charge in [0.25, 0.3) is 5.91 Å². The molecule has 0 bridgehead atoms. The van der Waals surface area contributed by atoms with Gasteiger partial charge in [0.05, 0.1) is 25.0 Å². The topological polar surface area (TPSA) is 83.6 Å². The zero-order valence-electron chi connectivity index (χ0n) is 15.0. The number of alkyl halides is 2. The molecule has 0 radical (unpaired) electrons. The number of amides is 1. The van der Waals surface area contributed by atoms with Crippen LogP contribution in [0.1, 0.15) is 15.9 Å². The van der Waals surface area contributed by atoms with Gasteiger partial charge in [0.2, 0.25) is 10.0 Å². The van der Waals surface area contributed by atoms with E-state index >= 15 is 0 Å². The van der Waals surface area contributed by atoms with Crippen molar-refractivity contribution in [2.45, 2.75) is 13.0 Å². The molecule has 0 saturated carbocycles. The Morgan fingerprint density at radius 3 is 2.21 bits per heavy atom. The van der Waals surface area contributed by atoms with Gasteiger partial charge in [0.1, 0.15) is 11.6 Å². The highest BCUT2D eigenvalue weighted by Gasteiger charge is 2.21. The molecule has 11 heteroatoms. The van der Waals surface area contributed by atoms with Crippen molar-refractivity contribution >= 4 is 27.4 Å². The Bertz CT molecular complexity index is 1010. The zero-order chi connectivity index (χ0) is 21.8. The Balaban J connectivity index is 2.21. The molecule has 1 amide bonds. The summed E-state index contributed by atoms with van der Waals surface area (Å²) in [7, 11) is -3.84. The molecule has 0 saturated heterocycles. The van der Waals surface area contributed by atoms with E-state index in [-0.39, 0.29) is 16.8 Å². The van der Waals surface area contributed by atoms with Crippen molar-refractivity contribution in [1.29, 1.82) is 0 Å². The highest BCUT2D eigenvalue weighted by atomic mass is 32.2. The number of hydrogen-bond donors (Lipinski definition) is 1. The van der Waals surface area contributed by atoms with Crippen LogP contribution in [0.2, 0.25) is 0 Å². The Morgan fingerprint density at radius 1 is 1.07 bits per heavy atom. The predicted octanol–water partition coefficient (Wildman–Crippen LogP) is 2.50. The van der Waals surface area contributed by atoms with Gasteiger partial charge >= 0.3 is 6.43 Å². The van der Waals surface area contributed by atoms with E-state index in [9.17, 15) is 35.6 Å². The molecule has 156 valence electrons. The molecule has 0 aliphatic rings. The fraction of sp³-hybridized carbons (Fsp3) is 0.222. The molecule has 2 rings (SSSR count). The van der Waals surface area contributed by atoms with Crippen LogP contribution in [0.4, 0.5) is 23.2 Å². The maximum atomic E-state index is 14.4. The number of ketones is 1. The number of benzene rings is 2. The van der Waals surface area contributed by atoms with Crippen LogP contribution in [-0.4, -0.2) is 39.3 Å². The maximum absolute atomic E-state index is 14.4. The molecule has 0 atom stereocenters. The lowest BCUT2D eigenvalue weighted by molar-refractivity contribution is -0.131. The standard InChI is InChI=1S/C18H16F4N2O4S/c1-29(27,28)24(14-6-4-13(19)5-7-14)10-12-3-2-11(8-15(12)20)16(25)9-23-18(26)17(21)22/h2-8,17H,9-10H2,1H3,(H,23,26). The Kier molecular flexibility index (Phi) is 6.96. The van der Waals surface area contributed by atoms with Gasteiger partial charge in [0.15, 0.2) is 5.78 Å². The third kappa shape index (κ3) is 6.01. The molecule has 0 aliphatic carbocycles. The van der Waals surface area contributed by atoms with Crippen molar-refractivity contribution in [2.75, 3.05) is 17.1 Å². The highest BCUT2D eigenvalue weighted by molar-refractivity contribution is 7.92. The van der Waals surface area contributed by atoms with Gasteiger partial charge in [-0.25, -0.2) is 17.2 Å². The number of anilines is 1. The van der Waals surface area contributed by atoms with Crippen LogP contribution in [0.5, 0.6) is 0 Å². The quantitative estimate of drug-likeness (QED) is 0.513. The minimum absolute atomic E-state index is 0.0760. The SMILES string of the molecule is CS(=O)(=O)N(Cc1ccc(C(=O)CNC(=O)C(F)F)cc1F)c1ccc(F)cc1. The Hall–Kier alpha value is -2.95. The summed E-state index contributed by atoms with van der Waals surface area (Å²) in [4.78, 5) is 22.7. The van der Waals surface area contributed by atoms with Crippen molar-refractivity contribution in [1.82, 2.24) is 5.32 Å². The van der Waals surface area contributed by atoms with Crippen LogP contribution in [0.15, 0.2) is 42.5 Å². The fourth-order valence-corrected chi connectivity index (χ4v) is 3.24. The molecular weight excluding hydrogens is 416 g/mol. The zero-order valence-corrected chi connectivity index (χ0v) is 15.8. The molecule has 2 aromatic carbocycles. The first-order valence-corrected chi connectivity index (χ1v) is 9.94. The first kappa shape index (κ1) is 22.3. The van der Waals surface area contributed by atoms with Gasteiger partial charge in [-0.1, -0.05) is 12.1 Å². The van der Waals surface area contributed by atoms with Crippen molar-refractivity contribution in [3.05, 3.63) is 65.2 Å². The molecule has 0 unspecified atom stereocenters. The van der Waals surface area contributed by atoms with Crippen LogP contribution in [0.25, 0.3) is 0 Å². The largest absolute Gasteiger partial charge is 0.344 e. The minimum atomic E-state index is -3.84. The van der Waals surface area contributed by atoms with Crippen LogP contribution < -0.4 is 9.62 Å². The van der Waals surface area contributed by atoms with E-state index in [2.05, 4.69) is 0 Å². The second-order valence-electron chi connectivity index (χ2n) is 5.99. The van der Waals surface area contributed by atoms with Crippen LogP contribution in [-0.2, 0) is 21.4 Å². The fourth-order valence-electron chi connectivity index (χ4n) is 2.36. The molecule has 0 spiro atoms. The second-order valence-corrected chi connectivity index (χ2v) is 7.90. The molecule has 0 heterocycles. The molecule has 0 aliphatic heterocycles. The van der Waals surface area contributed by atoms with E-state index in [0.29, 0.717) is 0 Å². The molecule has 2 aromatic rings. The van der Waals surface area contributed by atoms with Gasteiger partial charge in [-0.05, 0) is 30.3 Å². The average Bonchev–Trinajstić information content (AvgIpc) is 2.64. The molecular formula is C18H16F4N2O4S. The second kappa shape index (κ2) is 9.03. The third-order valence-corrected chi connectivity index (χ3v) is 4.97. The van der Waals surface area contributed by atoms with Gasteiger partial charge in [0, 0.05) is 11.1 Å². The van der Waals surface area contributed by atoms with E-state index < -0.39 is 52.9 Å². The monoisotopic (exact) mass is 432 g/mol. The molecule has 0 fully saturated rings. The lowest BCUT2D eigenvalue weighted by atomic mass is 10.1. The number of carbonyl (C=O) groups is 2. The smallest absolute Gasteiger partial charge is 0.315 e. The van der Waals surface area contributed by atoms with Gasteiger partial charge in [-0.2, -0.15) is 8.78 Å². The number of halogens is 4. The molecule has 6 nitrogen and oxygen atoms in total. The number of Topliss-reactive ketones (excluding diaryl/α,β-unsaturated/α-hetero) is 1. The van der Waals surface area contributed by atoms with E-state index in [1.807, 2.05) is 0 Å². The Morgan fingerprint density at radius 2 is 1.69 bits per heavy atom. The first-order valence-electron chi connectivity index (χ1n) is 8.10. The van der Waals surface area contributed by atoms with Crippen molar-refractivity contribution in [3.63, 3.8) is 0 Å². The summed E-state index contributed by atoms with van der Waals surface area (Å²) >= 11 is 0. The number of sulfonamides is 1. The summed E-state index contributed by atoms with van der Waals surface area (Å²) in [6.07, 6.45) is -2.38. The van der Waals surface area contributed by atoms with E-state index in [1.54, 1.807) is 5.32 Å². The normalized spacial score (nSPS) is 11.4. The van der Waals surface area contributed by atoms with Crippen molar-refractivity contribution < 1.29 is 35.6 Å². The minimum Gasteiger partial charge on any atom is -0.344 e. The van der Waals surface area contributed by atoms with Crippen LogP contribution in [0.3, 0.4) is 0 Å². The maximum Gasteiger partial charge on any atom is 0.315 e. The number of hydrogen-bond acceptors (Lipinski definition) is 4.